The summed E-state index contributed by atoms with van der Waals surface area (Å²) in [7, 11) is -3.64. The number of nitrogens with zero attached hydrogens (tertiary/aromatic N) is 3. The van der Waals surface area contributed by atoms with Gasteiger partial charge in [-0.15, -0.1) is 0 Å². The zero-order valence-corrected chi connectivity index (χ0v) is 19.6. The van der Waals surface area contributed by atoms with Gasteiger partial charge in [0.15, 0.2) is 5.58 Å². The molecule has 0 spiro atoms. The fourth-order valence-electron chi connectivity index (χ4n) is 4.05. The molecule has 0 aliphatic carbocycles. The van der Waals surface area contributed by atoms with Gasteiger partial charge in [0.2, 0.25) is 21.8 Å². The lowest BCUT2D eigenvalue weighted by molar-refractivity contribution is -0.127. The van der Waals surface area contributed by atoms with Gasteiger partial charge in [0.25, 0.3) is 0 Å². The molecule has 1 aromatic heterocycles. The molecule has 1 saturated heterocycles. The van der Waals surface area contributed by atoms with Crippen LogP contribution >= 0.6 is 0 Å². The molecular weight excluding hydrogens is 426 g/mol. The molecule has 1 amide bonds. The first kappa shape index (κ1) is 22.2. The lowest BCUT2D eigenvalue weighted by atomic mass is 10.0. The first-order chi connectivity index (χ1) is 15.2. The molecule has 3 aromatic rings. The van der Waals surface area contributed by atoms with Crippen LogP contribution in [0.4, 0.5) is 0 Å². The number of aromatic nitrogens is 1. The van der Waals surface area contributed by atoms with Crippen molar-refractivity contribution < 1.29 is 17.6 Å². The second-order valence-electron chi connectivity index (χ2n) is 8.17. The van der Waals surface area contributed by atoms with Crippen LogP contribution in [0.1, 0.15) is 28.1 Å². The summed E-state index contributed by atoms with van der Waals surface area (Å²) in [6, 6.07) is 9.42. The number of sulfonamides is 1. The molecule has 8 heteroatoms. The van der Waals surface area contributed by atoms with Crippen LogP contribution in [0, 0.1) is 27.7 Å². The normalized spacial score (nSPS) is 15.7. The number of hydrogen-bond donors (Lipinski definition) is 0. The molecule has 168 valence electrons. The van der Waals surface area contributed by atoms with Gasteiger partial charge in [-0.3, -0.25) is 4.79 Å². The summed E-state index contributed by atoms with van der Waals surface area (Å²) in [5.41, 5.74) is 4.89. The van der Waals surface area contributed by atoms with Crippen molar-refractivity contribution in [2.45, 2.75) is 32.6 Å². The summed E-state index contributed by atoms with van der Waals surface area (Å²) in [4.78, 5) is 19.0. The third kappa shape index (κ3) is 4.08. The highest BCUT2D eigenvalue weighted by Gasteiger charge is 2.32. The molecule has 0 radical (unpaired) electrons. The van der Waals surface area contributed by atoms with Gasteiger partial charge in [0, 0.05) is 38.3 Å². The smallest absolute Gasteiger partial charge is 0.246 e. The topological polar surface area (TPSA) is 83.7 Å². The van der Waals surface area contributed by atoms with Crippen LogP contribution in [0.5, 0.6) is 0 Å². The zero-order chi connectivity index (χ0) is 23.0. The van der Waals surface area contributed by atoms with E-state index < -0.39 is 10.0 Å². The molecule has 32 heavy (non-hydrogen) atoms. The number of oxazole rings is 1. The van der Waals surface area contributed by atoms with Crippen LogP contribution in [-0.4, -0.2) is 54.7 Å². The predicted octanol–water partition coefficient (Wildman–Crippen LogP) is 3.61. The summed E-state index contributed by atoms with van der Waals surface area (Å²) in [6.45, 7) is 8.75. The molecule has 7 nitrogen and oxygen atoms in total. The number of fused-ring (bicyclic) bond motifs is 1. The van der Waals surface area contributed by atoms with E-state index in [1.807, 2.05) is 58.0 Å². The summed E-state index contributed by atoms with van der Waals surface area (Å²) in [6.07, 6.45) is 2.97. The minimum absolute atomic E-state index is 0.192. The number of benzene rings is 2. The lowest BCUT2D eigenvalue weighted by Gasteiger charge is -2.34. The molecule has 0 N–H and O–H groups in total. The number of carbonyl (C=O) groups excluding carboxylic acids is 1. The van der Waals surface area contributed by atoms with E-state index in [-0.39, 0.29) is 19.0 Å². The van der Waals surface area contributed by atoms with Gasteiger partial charge in [0.05, 0.1) is 4.90 Å². The average molecular weight is 454 g/mol. The SMILES string of the molecule is Cc1cc(C)c(C)c(S(=O)(=O)N2CCN(C(=O)/C=C/c3nc4ccccc4o3)CC2)c1C. The molecule has 2 aromatic carbocycles. The van der Waals surface area contributed by atoms with E-state index in [0.29, 0.717) is 29.5 Å². The first-order valence-electron chi connectivity index (χ1n) is 10.6. The van der Waals surface area contributed by atoms with Gasteiger partial charge < -0.3 is 9.32 Å². The second-order valence-corrected chi connectivity index (χ2v) is 10.0. The largest absolute Gasteiger partial charge is 0.437 e. The molecule has 2 heterocycles. The quantitative estimate of drug-likeness (QED) is 0.564. The monoisotopic (exact) mass is 453 g/mol. The number of hydrogen-bond acceptors (Lipinski definition) is 5. The van der Waals surface area contributed by atoms with E-state index in [2.05, 4.69) is 4.98 Å². The van der Waals surface area contributed by atoms with Gasteiger partial charge in [-0.1, -0.05) is 18.2 Å². The highest BCUT2D eigenvalue weighted by atomic mass is 32.2. The molecule has 1 aliphatic rings. The Balaban J connectivity index is 1.45. The van der Waals surface area contributed by atoms with Crippen LogP contribution in [0.25, 0.3) is 17.2 Å². The molecule has 4 rings (SSSR count). The van der Waals surface area contributed by atoms with Crippen molar-refractivity contribution in [2.24, 2.45) is 0 Å². The van der Waals surface area contributed by atoms with Crippen molar-refractivity contribution in [3.8, 4) is 0 Å². The highest BCUT2D eigenvalue weighted by molar-refractivity contribution is 7.89. The Morgan fingerprint density at radius 3 is 2.25 bits per heavy atom. The fraction of sp³-hybridized carbons (Fsp3) is 0.333. The van der Waals surface area contributed by atoms with Crippen molar-refractivity contribution in [3.63, 3.8) is 0 Å². The Hall–Kier alpha value is -2.97. The van der Waals surface area contributed by atoms with Crippen LogP contribution in [-0.2, 0) is 14.8 Å². The Bertz CT molecular complexity index is 1260. The standard InChI is InChI=1S/C24H27N3O4S/c1-16-15-17(2)19(4)24(18(16)3)32(29,30)27-13-11-26(12-14-27)23(28)10-9-22-25-20-7-5-6-8-21(20)31-22/h5-10,15H,11-14H2,1-4H3/b10-9+. The Labute approximate surface area is 188 Å². The number of carbonyl (C=O) groups is 1. The molecule has 1 fully saturated rings. The van der Waals surface area contributed by atoms with Crippen LogP contribution in [0.2, 0.25) is 0 Å². The van der Waals surface area contributed by atoms with E-state index in [4.69, 9.17) is 4.42 Å². The van der Waals surface area contributed by atoms with E-state index in [9.17, 15) is 13.2 Å². The molecule has 1 aliphatic heterocycles. The maximum absolute atomic E-state index is 13.4. The molecule has 0 atom stereocenters. The Morgan fingerprint density at radius 2 is 1.62 bits per heavy atom. The van der Waals surface area contributed by atoms with Crippen LogP contribution in [0.15, 0.2) is 45.7 Å². The third-order valence-corrected chi connectivity index (χ3v) is 8.30. The van der Waals surface area contributed by atoms with Crippen molar-refractivity contribution in [1.29, 1.82) is 0 Å². The van der Waals surface area contributed by atoms with Gasteiger partial charge in [-0.2, -0.15) is 4.31 Å². The lowest BCUT2D eigenvalue weighted by Crippen LogP contribution is -2.50. The second kappa shape index (κ2) is 8.52. The van der Waals surface area contributed by atoms with Crippen molar-refractivity contribution >= 4 is 33.1 Å². The molecule has 0 saturated carbocycles. The van der Waals surface area contributed by atoms with E-state index in [1.165, 1.54) is 10.4 Å². The van der Waals surface area contributed by atoms with Crippen molar-refractivity contribution in [1.82, 2.24) is 14.2 Å². The number of rotatable bonds is 4. The van der Waals surface area contributed by atoms with Crippen LogP contribution in [0.3, 0.4) is 0 Å². The Morgan fingerprint density at radius 1 is 1.00 bits per heavy atom. The number of para-hydroxylation sites is 2. The molecule has 0 bridgehead atoms. The minimum atomic E-state index is -3.64. The zero-order valence-electron chi connectivity index (χ0n) is 18.8. The summed E-state index contributed by atoms with van der Waals surface area (Å²) in [5, 5.41) is 0. The summed E-state index contributed by atoms with van der Waals surface area (Å²) >= 11 is 0. The predicted molar refractivity (Wildman–Crippen MR) is 124 cm³/mol. The first-order valence-corrected chi connectivity index (χ1v) is 12.0. The van der Waals surface area contributed by atoms with E-state index >= 15 is 0 Å². The number of aryl methyl sites for hydroxylation is 2. The Kier molecular flexibility index (Phi) is 5.92. The number of piperazine rings is 1. The van der Waals surface area contributed by atoms with Crippen LogP contribution < -0.4 is 0 Å². The summed E-state index contributed by atoms with van der Waals surface area (Å²) in [5.74, 6) is 0.171. The minimum Gasteiger partial charge on any atom is -0.437 e. The average Bonchev–Trinajstić information content (AvgIpc) is 3.19. The van der Waals surface area contributed by atoms with E-state index in [1.54, 1.807) is 11.0 Å². The van der Waals surface area contributed by atoms with E-state index in [0.717, 1.165) is 27.8 Å². The van der Waals surface area contributed by atoms with Gasteiger partial charge in [-0.25, -0.2) is 13.4 Å². The molecule has 0 unspecified atom stereocenters. The molecular formula is C24H27N3O4S. The number of amides is 1. The fourth-order valence-corrected chi connectivity index (χ4v) is 6.05. The van der Waals surface area contributed by atoms with Gasteiger partial charge >= 0.3 is 0 Å². The highest BCUT2D eigenvalue weighted by Crippen LogP contribution is 2.29. The maximum atomic E-state index is 13.4. The van der Waals surface area contributed by atoms with Crippen molar-refractivity contribution in [2.75, 3.05) is 26.2 Å². The van der Waals surface area contributed by atoms with Crippen molar-refractivity contribution in [3.05, 3.63) is 64.6 Å². The summed E-state index contributed by atoms with van der Waals surface area (Å²) < 4.78 is 33.9. The van der Waals surface area contributed by atoms with Gasteiger partial charge in [0.1, 0.15) is 5.52 Å². The third-order valence-electron chi connectivity index (χ3n) is 6.12. The van der Waals surface area contributed by atoms with Gasteiger partial charge in [-0.05, 0) is 62.1 Å². The maximum Gasteiger partial charge on any atom is 0.246 e.